The van der Waals surface area contributed by atoms with E-state index >= 15 is 0 Å². The molecule has 0 aromatic heterocycles. The molecular formula is C26H22N2O4. The fourth-order valence-electron chi connectivity index (χ4n) is 3.56. The van der Waals surface area contributed by atoms with Gasteiger partial charge < -0.3 is 19.9 Å². The van der Waals surface area contributed by atoms with Crippen LogP contribution >= 0.6 is 0 Å². The highest BCUT2D eigenvalue weighted by Gasteiger charge is 2.31. The van der Waals surface area contributed by atoms with Crippen LogP contribution in [0.5, 0.6) is 17.2 Å². The van der Waals surface area contributed by atoms with Gasteiger partial charge in [0, 0.05) is 11.6 Å². The fourth-order valence-corrected chi connectivity index (χ4v) is 3.56. The summed E-state index contributed by atoms with van der Waals surface area (Å²) in [5.74, 6) is 0.693. The molecule has 1 aliphatic rings. The maximum absolute atomic E-state index is 12.4. The van der Waals surface area contributed by atoms with E-state index in [0.717, 1.165) is 23.3 Å². The minimum atomic E-state index is -0.471. The molecule has 0 spiro atoms. The topological polar surface area (TPSA) is 94.6 Å². The number of nitriles is 1. The van der Waals surface area contributed by atoms with Gasteiger partial charge in [-0.1, -0.05) is 43.3 Å². The molecule has 0 amide bonds. The van der Waals surface area contributed by atoms with Crippen molar-refractivity contribution in [1.82, 2.24) is 0 Å². The first-order chi connectivity index (χ1) is 15.6. The number of benzene rings is 3. The zero-order chi connectivity index (χ0) is 22.5. The number of carbonyl (C=O) groups is 1. The van der Waals surface area contributed by atoms with E-state index in [4.69, 9.17) is 19.9 Å². The van der Waals surface area contributed by atoms with E-state index in [1.165, 1.54) is 0 Å². The lowest BCUT2D eigenvalue weighted by Crippen LogP contribution is -2.21. The van der Waals surface area contributed by atoms with Crippen molar-refractivity contribution in [2.45, 2.75) is 19.3 Å². The highest BCUT2D eigenvalue weighted by molar-refractivity contribution is 5.91. The quantitative estimate of drug-likeness (QED) is 0.444. The zero-order valence-corrected chi connectivity index (χ0v) is 17.6. The number of allylic oxidation sites excluding steroid dienone is 1. The van der Waals surface area contributed by atoms with Crippen LogP contribution in [0.1, 0.15) is 40.7 Å². The lowest BCUT2D eigenvalue weighted by Gasteiger charge is -2.26. The molecule has 0 radical (unpaired) electrons. The predicted octanol–water partition coefficient (Wildman–Crippen LogP) is 4.91. The van der Waals surface area contributed by atoms with E-state index in [0.29, 0.717) is 29.2 Å². The highest BCUT2D eigenvalue weighted by Crippen LogP contribution is 2.43. The maximum atomic E-state index is 12.4. The second-order valence-electron chi connectivity index (χ2n) is 7.30. The van der Waals surface area contributed by atoms with Gasteiger partial charge in [0.2, 0.25) is 5.88 Å². The normalized spacial score (nSPS) is 14.7. The van der Waals surface area contributed by atoms with E-state index < -0.39 is 11.9 Å². The van der Waals surface area contributed by atoms with Gasteiger partial charge in [-0.3, -0.25) is 0 Å². The van der Waals surface area contributed by atoms with Crippen molar-refractivity contribution in [2.24, 2.45) is 5.73 Å². The molecule has 1 heterocycles. The molecule has 0 saturated heterocycles. The lowest BCUT2D eigenvalue weighted by atomic mass is 9.83. The summed E-state index contributed by atoms with van der Waals surface area (Å²) in [6.45, 7) is 2.69. The van der Waals surface area contributed by atoms with Crippen molar-refractivity contribution in [3.8, 4) is 23.3 Å². The standard InChI is InChI=1S/C26H22N2O4/c1-2-14-30-19-10-8-17(9-11-19)24-21-13-12-20(15-23(21)32-25(28)22(24)16-27)31-26(29)18-6-4-3-5-7-18/h3-13,15,24H,2,14,28H2,1H3. The summed E-state index contributed by atoms with van der Waals surface area (Å²) in [5, 5.41) is 9.73. The van der Waals surface area contributed by atoms with Crippen LogP contribution in [0.2, 0.25) is 0 Å². The Labute approximate surface area is 186 Å². The fraction of sp³-hybridized carbons (Fsp3) is 0.154. The van der Waals surface area contributed by atoms with E-state index in [-0.39, 0.29) is 5.88 Å². The molecule has 6 heteroatoms. The van der Waals surface area contributed by atoms with E-state index in [1.54, 1.807) is 42.5 Å². The van der Waals surface area contributed by atoms with Gasteiger partial charge in [0.1, 0.15) is 28.9 Å². The number of carbonyl (C=O) groups excluding carboxylic acids is 1. The number of nitrogens with two attached hydrogens (primary N) is 1. The Morgan fingerprint density at radius 2 is 1.78 bits per heavy atom. The second-order valence-corrected chi connectivity index (χ2v) is 7.30. The molecule has 32 heavy (non-hydrogen) atoms. The van der Waals surface area contributed by atoms with Gasteiger partial charge in [-0.05, 0) is 42.3 Å². The van der Waals surface area contributed by atoms with E-state index in [9.17, 15) is 10.1 Å². The van der Waals surface area contributed by atoms with Gasteiger partial charge in [0.15, 0.2) is 0 Å². The van der Waals surface area contributed by atoms with Crippen LogP contribution < -0.4 is 19.9 Å². The summed E-state index contributed by atoms with van der Waals surface area (Å²) in [5.41, 5.74) is 8.49. The third kappa shape index (κ3) is 4.28. The van der Waals surface area contributed by atoms with Crippen LogP contribution in [0, 0.1) is 11.3 Å². The Bertz CT molecular complexity index is 1190. The summed E-state index contributed by atoms with van der Waals surface area (Å²) in [4.78, 5) is 12.4. The Kier molecular flexibility index (Phi) is 6.09. The Morgan fingerprint density at radius 1 is 1.06 bits per heavy atom. The molecule has 160 valence electrons. The number of ether oxygens (including phenoxy) is 3. The minimum Gasteiger partial charge on any atom is -0.494 e. The van der Waals surface area contributed by atoms with Gasteiger partial charge in [-0.15, -0.1) is 0 Å². The van der Waals surface area contributed by atoms with Crippen molar-refractivity contribution < 1.29 is 19.0 Å². The van der Waals surface area contributed by atoms with Crippen LogP contribution in [0.3, 0.4) is 0 Å². The average molecular weight is 426 g/mol. The largest absolute Gasteiger partial charge is 0.494 e. The Hall–Kier alpha value is -4.24. The molecule has 0 bridgehead atoms. The molecule has 0 fully saturated rings. The summed E-state index contributed by atoms with van der Waals surface area (Å²) in [6.07, 6.45) is 0.921. The first-order valence-electron chi connectivity index (χ1n) is 10.3. The monoisotopic (exact) mass is 426 g/mol. The molecule has 3 aromatic rings. The summed E-state index contributed by atoms with van der Waals surface area (Å²) in [7, 11) is 0. The van der Waals surface area contributed by atoms with Crippen molar-refractivity contribution in [1.29, 1.82) is 5.26 Å². The molecule has 4 rings (SSSR count). The SMILES string of the molecule is CCCOc1ccc(C2C(C#N)=C(N)Oc3cc(OC(=O)c4ccccc4)ccc32)cc1. The minimum absolute atomic E-state index is 0.0304. The van der Waals surface area contributed by atoms with Crippen molar-refractivity contribution in [2.75, 3.05) is 6.61 Å². The van der Waals surface area contributed by atoms with E-state index in [2.05, 4.69) is 6.07 Å². The molecule has 1 unspecified atom stereocenters. The van der Waals surface area contributed by atoms with Crippen molar-refractivity contribution >= 4 is 5.97 Å². The lowest BCUT2D eigenvalue weighted by molar-refractivity contribution is 0.0734. The van der Waals surface area contributed by atoms with Crippen LogP contribution in [0.25, 0.3) is 0 Å². The van der Waals surface area contributed by atoms with Gasteiger partial charge in [-0.2, -0.15) is 5.26 Å². The molecule has 2 N–H and O–H groups in total. The average Bonchev–Trinajstić information content (AvgIpc) is 2.82. The van der Waals surface area contributed by atoms with E-state index in [1.807, 2.05) is 37.3 Å². The molecular weight excluding hydrogens is 404 g/mol. The molecule has 1 atom stereocenters. The summed E-state index contributed by atoms with van der Waals surface area (Å²) >= 11 is 0. The smallest absolute Gasteiger partial charge is 0.343 e. The molecule has 0 saturated carbocycles. The second kappa shape index (κ2) is 9.27. The zero-order valence-electron chi connectivity index (χ0n) is 17.6. The van der Waals surface area contributed by atoms with Gasteiger partial charge >= 0.3 is 5.97 Å². The van der Waals surface area contributed by atoms with Gasteiger partial charge in [0.25, 0.3) is 0 Å². The number of fused-ring (bicyclic) bond motifs is 1. The predicted molar refractivity (Wildman–Crippen MR) is 119 cm³/mol. The van der Waals surface area contributed by atoms with Crippen molar-refractivity contribution in [3.05, 3.63) is 101 Å². The maximum Gasteiger partial charge on any atom is 0.343 e. The van der Waals surface area contributed by atoms with Crippen LogP contribution in [-0.2, 0) is 0 Å². The highest BCUT2D eigenvalue weighted by atomic mass is 16.5. The first-order valence-corrected chi connectivity index (χ1v) is 10.3. The number of rotatable bonds is 6. The third-order valence-electron chi connectivity index (χ3n) is 5.10. The summed E-state index contributed by atoms with van der Waals surface area (Å²) in [6, 6.07) is 23.6. The number of hydrogen-bond acceptors (Lipinski definition) is 6. The van der Waals surface area contributed by atoms with Gasteiger partial charge in [-0.25, -0.2) is 4.79 Å². The molecule has 6 nitrogen and oxygen atoms in total. The Balaban J connectivity index is 1.64. The third-order valence-corrected chi connectivity index (χ3v) is 5.10. The molecule has 1 aliphatic heterocycles. The van der Waals surface area contributed by atoms with Crippen LogP contribution in [0.4, 0.5) is 0 Å². The molecule has 3 aromatic carbocycles. The van der Waals surface area contributed by atoms with Crippen LogP contribution in [0.15, 0.2) is 84.3 Å². The Morgan fingerprint density at radius 3 is 2.47 bits per heavy atom. The number of nitrogens with zero attached hydrogens (tertiary/aromatic N) is 1. The van der Waals surface area contributed by atoms with Crippen LogP contribution in [-0.4, -0.2) is 12.6 Å². The first kappa shape index (κ1) is 21.0. The molecule has 0 aliphatic carbocycles. The van der Waals surface area contributed by atoms with Crippen molar-refractivity contribution in [3.63, 3.8) is 0 Å². The number of esters is 1. The van der Waals surface area contributed by atoms with Gasteiger partial charge in [0.05, 0.1) is 18.1 Å². The number of hydrogen-bond donors (Lipinski definition) is 1. The summed E-state index contributed by atoms with van der Waals surface area (Å²) < 4.78 is 16.9.